The van der Waals surface area contributed by atoms with E-state index in [1.807, 2.05) is 0 Å². The number of hydrogen-bond acceptors (Lipinski definition) is 5. The fourth-order valence-electron chi connectivity index (χ4n) is 2.53. The van der Waals surface area contributed by atoms with E-state index in [1.165, 1.54) is 43.5 Å². The molecule has 0 radical (unpaired) electrons. The average Bonchev–Trinajstić information content (AvgIpc) is 3.17. The van der Waals surface area contributed by atoms with Gasteiger partial charge in [0.15, 0.2) is 6.33 Å². The van der Waals surface area contributed by atoms with E-state index < -0.39 is 0 Å². The normalized spacial score (nSPS) is 14.9. The molecular formula is C15H20N4O. The molecule has 0 spiro atoms. The molecule has 1 N–H and O–H groups in total. The van der Waals surface area contributed by atoms with Crippen LogP contribution < -0.4 is 10.2 Å². The summed E-state index contributed by atoms with van der Waals surface area (Å²) >= 11 is 0. The summed E-state index contributed by atoms with van der Waals surface area (Å²) in [5, 5.41) is 6.98. The first kappa shape index (κ1) is 13.1. The molecule has 1 aliphatic heterocycles. The van der Waals surface area contributed by atoms with Crippen molar-refractivity contribution in [1.29, 1.82) is 0 Å². The Hall–Kier alpha value is -1.88. The number of benzene rings is 1. The molecule has 2 aromatic rings. The Balaban J connectivity index is 1.43. The van der Waals surface area contributed by atoms with E-state index in [1.54, 1.807) is 0 Å². The standard InChI is InChI=1S/C15H20N4O/c1-2-10-19(9-1)14-5-3-13(4-6-14)11-16-8-7-15-17-12-18-20-15/h3-6,12,16H,1-2,7-11H2. The topological polar surface area (TPSA) is 54.2 Å². The van der Waals surface area contributed by atoms with Crippen molar-refractivity contribution in [2.75, 3.05) is 24.5 Å². The van der Waals surface area contributed by atoms with Gasteiger partial charge < -0.3 is 14.7 Å². The second-order valence-corrected chi connectivity index (χ2v) is 5.12. The van der Waals surface area contributed by atoms with E-state index in [4.69, 9.17) is 4.52 Å². The lowest BCUT2D eigenvalue weighted by molar-refractivity contribution is 0.375. The highest BCUT2D eigenvalue weighted by Crippen LogP contribution is 2.20. The third kappa shape index (κ3) is 3.36. The maximum absolute atomic E-state index is 4.95. The van der Waals surface area contributed by atoms with Crippen LogP contribution in [0.25, 0.3) is 0 Å². The van der Waals surface area contributed by atoms with Gasteiger partial charge in [-0.25, -0.2) is 0 Å². The van der Waals surface area contributed by atoms with Crippen molar-refractivity contribution < 1.29 is 4.52 Å². The van der Waals surface area contributed by atoms with E-state index in [2.05, 4.69) is 44.6 Å². The first-order valence-corrected chi connectivity index (χ1v) is 7.22. The van der Waals surface area contributed by atoms with Crippen LogP contribution in [0.4, 0.5) is 5.69 Å². The average molecular weight is 272 g/mol. The highest BCUT2D eigenvalue weighted by molar-refractivity contribution is 5.48. The van der Waals surface area contributed by atoms with E-state index in [9.17, 15) is 0 Å². The molecule has 5 nitrogen and oxygen atoms in total. The second-order valence-electron chi connectivity index (χ2n) is 5.12. The molecule has 106 valence electrons. The summed E-state index contributed by atoms with van der Waals surface area (Å²) in [4.78, 5) is 6.44. The maximum atomic E-state index is 4.95. The summed E-state index contributed by atoms with van der Waals surface area (Å²) in [5.41, 5.74) is 2.65. The highest BCUT2D eigenvalue weighted by atomic mass is 16.5. The van der Waals surface area contributed by atoms with Crippen molar-refractivity contribution in [1.82, 2.24) is 15.5 Å². The molecule has 0 amide bonds. The molecule has 1 saturated heterocycles. The third-order valence-electron chi connectivity index (χ3n) is 3.66. The van der Waals surface area contributed by atoms with Gasteiger partial charge in [0.2, 0.25) is 5.89 Å². The summed E-state index contributed by atoms with van der Waals surface area (Å²) < 4.78 is 4.95. The zero-order chi connectivity index (χ0) is 13.6. The van der Waals surface area contributed by atoms with Gasteiger partial charge in [-0.1, -0.05) is 17.3 Å². The van der Waals surface area contributed by atoms with Crippen LogP contribution in [0.2, 0.25) is 0 Å². The Kier molecular flexibility index (Phi) is 4.28. The van der Waals surface area contributed by atoms with Gasteiger partial charge in [0.25, 0.3) is 0 Å². The smallest absolute Gasteiger partial charge is 0.227 e. The predicted molar refractivity (Wildman–Crippen MR) is 77.6 cm³/mol. The zero-order valence-corrected chi connectivity index (χ0v) is 11.6. The quantitative estimate of drug-likeness (QED) is 0.815. The van der Waals surface area contributed by atoms with Crippen LogP contribution in [-0.4, -0.2) is 29.8 Å². The molecule has 1 aliphatic rings. The molecule has 20 heavy (non-hydrogen) atoms. The Morgan fingerprint density at radius 3 is 2.65 bits per heavy atom. The van der Waals surface area contributed by atoms with Gasteiger partial charge in [-0.2, -0.15) is 4.98 Å². The van der Waals surface area contributed by atoms with E-state index >= 15 is 0 Å². The molecule has 2 heterocycles. The van der Waals surface area contributed by atoms with Crippen LogP contribution in [0.3, 0.4) is 0 Å². The summed E-state index contributed by atoms with van der Waals surface area (Å²) in [7, 11) is 0. The van der Waals surface area contributed by atoms with Crippen molar-refractivity contribution in [3.05, 3.63) is 42.0 Å². The van der Waals surface area contributed by atoms with E-state index in [-0.39, 0.29) is 0 Å². The highest BCUT2D eigenvalue weighted by Gasteiger charge is 2.11. The lowest BCUT2D eigenvalue weighted by atomic mass is 10.2. The third-order valence-corrected chi connectivity index (χ3v) is 3.66. The number of hydrogen-bond donors (Lipinski definition) is 1. The SMILES string of the molecule is c1noc(CCNCc2ccc(N3CCCC3)cc2)n1. The zero-order valence-electron chi connectivity index (χ0n) is 11.6. The number of nitrogens with one attached hydrogen (secondary N) is 1. The molecular weight excluding hydrogens is 252 g/mol. The number of nitrogens with zero attached hydrogens (tertiary/aromatic N) is 3. The van der Waals surface area contributed by atoms with Gasteiger partial charge >= 0.3 is 0 Å². The molecule has 0 saturated carbocycles. The van der Waals surface area contributed by atoms with E-state index in [0.29, 0.717) is 5.89 Å². The fourth-order valence-corrected chi connectivity index (χ4v) is 2.53. The van der Waals surface area contributed by atoms with Gasteiger partial charge in [-0.15, -0.1) is 0 Å². The van der Waals surface area contributed by atoms with Gasteiger partial charge in [-0.3, -0.25) is 0 Å². The Bertz CT molecular complexity index is 503. The summed E-state index contributed by atoms with van der Waals surface area (Å²) in [6, 6.07) is 8.85. The summed E-state index contributed by atoms with van der Waals surface area (Å²) in [6.07, 6.45) is 4.84. The van der Waals surface area contributed by atoms with Crippen molar-refractivity contribution in [2.45, 2.75) is 25.8 Å². The molecule has 0 aliphatic carbocycles. The summed E-state index contributed by atoms with van der Waals surface area (Å²) in [6.45, 7) is 4.11. The van der Waals surface area contributed by atoms with Gasteiger partial charge in [0.05, 0.1) is 0 Å². The van der Waals surface area contributed by atoms with Crippen molar-refractivity contribution in [3.8, 4) is 0 Å². The van der Waals surface area contributed by atoms with Crippen molar-refractivity contribution >= 4 is 5.69 Å². The molecule has 1 aromatic carbocycles. The Morgan fingerprint density at radius 2 is 1.95 bits per heavy atom. The van der Waals surface area contributed by atoms with Crippen molar-refractivity contribution in [2.24, 2.45) is 0 Å². The lowest BCUT2D eigenvalue weighted by Gasteiger charge is -2.17. The van der Waals surface area contributed by atoms with Crippen LogP contribution in [0.1, 0.15) is 24.3 Å². The fraction of sp³-hybridized carbons (Fsp3) is 0.467. The molecule has 1 fully saturated rings. The Morgan fingerprint density at radius 1 is 1.15 bits per heavy atom. The molecule has 5 heteroatoms. The minimum absolute atomic E-state index is 0.682. The minimum atomic E-state index is 0.682. The largest absolute Gasteiger partial charge is 0.372 e. The first-order valence-electron chi connectivity index (χ1n) is 7.22. The molecule has 0 bridgehead atoms. The maximum Gasteiger partial charge on any atom is 0.227 e. The lowest BCUT2D eigenvalue weighted by Crippen LogP contribution is -2.18. The predicted octanol–water partition coefficient (Wildman–Crippen LogP) is 2.00. The van der Waals surface area contributed by atoms with Gasteiger partial charge in [-0.05, 0) is 30.5 Å². The first-order chi connectivity index (χ1) is 9.92. The van der Waals surface area contributed by atoms with Gasteiger partial charge in [0.1, 0.15) is 0 Å². The van der Waals surface area contributed by atoms with Crippen LogP contribution in [0, 0.1) is 0 Å². The minimum Gasteiger partial charge on any atom is -0.372 e. The van der Waals surface area contributed by atoms with Crippen LogP contribution in [0.5, 0.6) is 0 Å². The Labute approximate surface area is 119 Å². The van der Waals surface area contributed by atoms with E-state index in [0.717, 1.165) is 19.5 Å². The van der Waals surface area contributed by atoms with Crippen LogP contribution in [-0.2, 0) is 13.0 Å². The molecule has 0 unspecified atom stereocenters. The van der Waals surface area contributed by atoms with Gasteiger partial charge in [0, 0.05) is 38.3 Å². The van der Waals surface area contributed by atoms with Crippen LogP contribution in [0.15, 0.2) is 35.1 Å². The molecule has 1 aromatic heterocycles. The number of rotatable bonds is 6. The number of aromatic nitrogens is 2. The monoisotopic (exact) mass is 272 g/mol. The summed E-state index contributed by atoms with van der Waals surface area (Å²) in [5.74, 6) is 0.682. The number of anilines is 1. The molecule has 3 rings (SSSR count). The van der Waals surface area contributed by atoms with Crippen molar-refractivity contribution in [3.63, 3.8) is 0 Å². The molecule has 0 atom stereocenters. The van der Waals surface area contributed by atoms with Crippen LogP contribution >= 0.6 is 0 Å². The second kappa shape index (κ2) is 6.52.